The molecule has 4 aromatic carbocycles. The van der Waals surface area contributed by atoms with Crippen LogP contribution in [0, 0.1) is 20.8 Å². The Morgan fingerprint density at radius 3 is 2.04 bits per heavy atom. The summed E-state index contributed by atoms with van der Waals surface area (Å²) in [5, 5.41) is 3.06. The second-order valence-corrected chi connectivity index (χ2v) is 15.5. The van der Waals surface area contributed by atoms with Gasteiger partial charge in [-0.2, -0.15) is 0 Å². The minimum Gasteiger partial charge on any atom is -0.350 e. The molecule has 0 heterocycles. The van der Waals surface area contributed by atoms with Crippen LogP contribution in [0.15, 0.2) is 106 Å². The summed E-state index contributed by atoms with van der Waals surface area (Å²) in [5.74, 6) is -0.820. The highest BCUT2D eigenvalue weighted by atomic mass is 79.9. The number of amides is 2. The maximum Gasteiger partial charge on any atom is 0.264 e. The van der Waals surface area contributed by atoms with Crippen LogP contribution in [0.25, 0.3) is 0 Å². The van der Waals surface area contributed by atoms with E-state index >= 15 is 0 Å². The molecule has 4 aromatic rings. The molecule has 4 rings (SSSR count). The number of aryl methyl sites for hydroxylation is 3. The molecule has 0 aliphatic carbocycles. The van der Waals surface area contributed by atoms with Gasteiger partial charge >= 0.3 is 0 Å². The van der Waals surface area contributed by atoms with Gasteiger partial charge in [-0.25, -0.2) is 8.42 Å². The first-order chi connectivity index (χ1) is 21.6. The van der Waals surface area contributed by atoms with Crippen molar-refractivity contribution in [2.75, 3.05) is 10.8 Å². The summed E-state index contributed by atoms with van der Waals surface area (Å²) in [5.41, 5.74) is 4.12. The number of hydrogen-bond donors (Lipinski definition) is 1. The second kappa shape index (κ2) is 14.6. The third kappa shape index (κ3) is 9.07. The zero-order chi connectivity index (χ0) is 33.6. The van der Waals surface area contributed by atoms with Crippen molar-refractivity contribution in [1.82, 2.24) is 10.2 Å². The normalized spacial score (nSPS) is 12.3. The van der Waals surface area contributed by atoms with Crippen LogP contribution in [0.5, 0.6) is 0 Å². The number of sulfonamides is 1. The van der Waals surface area contributed by atoms with E-state index in [4.69, 9.17) is 0 Å². The van der Waals surface area contributed by atoms with Gasteiger partial charge in [0.1, 0.15) is 12.6 Å². The summed E-state index contributed by atoms with van der Waals surface area (Å²) in [6.07, 6.45) is 0.247. The van der Waals surface area contributed by atoms with Crippen LogP contribution in [0.3, 0.4) is 0 Å². The summed E-state index contributed by atoms with van der Waals surface area (Å²) >= 11 is 3.52. The van der Waals surface area contributed by atoms with Gasteiger partial charge < -0.3 is 10.2 Å². The van der Waals surface area contributed by atoms with Crippen molar-refractivity contribution < 1.29 is 18.0 Å². The molecule has 0 bridgehead atoms. The Balaban J connectivity index is 1.84. The van der Waals surface area contributed by atoms with E-state index in [2.05, 4.69) is 21.2 Å². The number of carbonyl (C=O) groups is 2. The van der Waals surface area contributed by atoms with Crippen molar-refractivity contribution in [2.45, 2.75) is 71.0 Å². The lowest BCUT2D eigenvalue weighted by Crippen LogP contribution is -2.56. The number of anilines is 1. The smallest absolute Gasteiger partial charge is 0.264 e. The van der Waals surface area contributed by atoms with Crippen LogP contribution in [0.1, 0.15) is 48.6 Å². The van der Waals surface area contributed by atoms with E-state index in [9.17, 15) is 18.0 Å². The highest BCUT2D eigenvalue weighted by Crippen LogP contribution is 2.29. The lowest BCUT2D eigenvalue weighted by Gasteiger charge is -2.35. The fourth-order valence-corrected chi connectivity index (χ4v) is 7.20. The van der Waals surface area contributed by atoms with Crippen LogP contribution in [0.2, 0.25) is 0 Å². The number of hydrogen-bond acceptors (Lipinski definition) is 4. The molecule has 0 spiro atoms. The van der Waals surface area contributed by atoms with Crippen LogP contribution in [-0.4, -0.2) is 43.3 Å². The van der Waals surface area contributed by atoms with Gasteiger partial charge in [0, 0.05) is 23.0 Å². The Labute approximate surface area is 281 Å². The fourth-order valence-electron chi connectivity index (χ4n) is 5.27. The number of halogens is 1. The van der Waals surface area contributed by atoms with E-state index in [0.29, 0.717) is 11.3 Å². The predicted molar refractivity (Wildman–Crippen MR) is 188 cm³/mol. The van der Waals surface area contributed by atoms with E-state index in [1.54, 1.807) is 30.3 Å². The molecule has 0 saturated carbocycles. The molecule has 9 heteroatoms. The molecule has 1 N–H and O–H groups in total. The van der Waals surface area contributed by atoms with E-state index in [1.807, 2.05) is 108 Å². The zero-order valence-electron chi connectivity index (χ0n) is 27.2. The average molecular weight is 705 g/mol. The van der Waals surface area contributed by atoms with Gasteiger partial charge in [0.2, 0.25) is 11.8 Å². The van der Waals surface area contributed by atoms with Crippen LogP contribution in [0.4, 0.5) is 5.69 Å². The summed E-state index contributed by atoms with van der Waals surface area (Å²) in [6.45, 7) is 10.9. The fraction of sp³-hybridized carbons (Fsp3) is 0.297. The maximum absolute atomic E-state index is 14.7. The second-order valence-electron chi connectivity index (χ2n) is 12.7. The number of rotatable bonds is 11. The Morgan fingerprint density at radius 2 is 1.43 bits per heavy atom. The summed E-state index contributed by atoms with van der Waals surface area (Å²) in [4.78, 5) is 30.3. The number of nitrogens with zero attached hydrogens (tertiary/aromatic N) is 2. The molecule has 0 radical (unpaired) electrons. The van der Waals surface area contributed by atoms with Crippen molar-refractivity contribution in [2.24, 2.45) is 0 Å². The monoisotopic (exact) mass is 703 g/mol. The Kier molecular flexibility index (Phi) is 11.1. The average Bonchev–Trinajstić information content (AvgIpc) is 2.98. The molecule has 2 amide bonds. The summed E-state index contributed by atoms with van der Waals surface area (Å²) in [7, 11) is -4.17. The van der Waals surface area contributed by atoms with Gasteiger partial charge in [0.05, 0.1) is 10.6 Å². The van der Waals surface area contributed by atoms with E-state index in [0.717, 1.165) is 26.7 Å². The lowest BCUT2D eigenvalue weighted by molar-refractivity contribution is -0.140. The lowest BCUT2D eigenvalue weighted by atomic mass is 10.0. The van der Waals surface area contributed by atoms with Crippen molar-refractivity contribution in [3.05, 3.63) is 129 Å². The first kappa shape index (κ1) is 34.9. The van der Waals surface area contributed by atoms with E-state index < -0.39 is 34.1 Å². The Hall–Kier alpha value is -3.95. The zero-order valence-corrected chi connectivity index (χ0v) is 29.7. The van der Waals surface area contributed by atoms with Gasteiger partial charge in [0.25, 0.3) is 10.0 Å². The van der Waals surface area contributed by atoms with Crippen molar-refractivity contribution in [1.29, 1.82) is 0 Å². The van der Waals surface area contributed by atoms with Gasteiger partial charge in [-0.1, -0.05) is 93.8 Å². The molecule has 0 fully saturated rings. The minimum atomic E-state index is -4.17. The van der Waals surface area contributed by atoms with Crippen LogP contribution in [-0.2, 0) is 32.6 Å². The standard InChI is InChI=1S/C37H42BrN3O4S/c1-26-15-18-32(19-16-26)46(44,45)41(33-20-17-27(2)21-28(33)3)25-35(42)40(24-30-13-10-14-31(38)22-30)34(36(43)39-37(4,5)6)23-29-11-8-7-9-12-29/h7-22,34H,23-25H2,1-6H3,(H,39,43)/t34-/m1/s1. The third-order valence-corrected chi connectivity index (χ3v) is 9.79. The van der Waals surface area contributed by atoms with Crippen molar-refractivity contribution in [3.63, 3.8) is 0 Å². The van der Waals surface area contributed by atoms with Gasteiger partial charge in [-0.15, -0.1) is 0 Å². The minimum absolute atomic E-state index is 0.0794. The molecular formula is C37H42BrN3O4S. The van der Waals surface area contributed by atoms with E-state index in [1.165, 1.54) is 9.21 Å². The third-order valence-electron chi connectivity index (χ3n) is 7.52. The number of nitrogens with one attached hydrogen (secondary N) is 1. The molecule has 0 aliphatic rings. The summed E-state index contributed by atoms with van der Waals surface area (Å²) in [6, 6.07) is 28.2. The maximum atomic E-state index is 14.7. The largest absolute Gasteiger partial charge is 0.350 e. The SMILES string of the molecule is Cc1ccc(S(=O)(=O)N(CC(=O)N(Cc2cccc(Br)c2)[C@H](Cc2ccccc2)C(=O)NC(C)(C)C)c2ccc(C)cc2C)cc1. The molecule has 0 saturated heterocycles. The molecule has 0 aromatic heterocycles. The molecule has 46 heavy (non-hydrogen) atoms. The Morgan fingerprint density at radius 1 is 0.804 bits per heavy atom. The van der Waals surface area contributed by atoms with Gasteiger partial charge in [0.15, 0.2) is 0 Å². The predicted octanol–water partition coefficient (Wildman–Crippen LogP) is 7.12. The van der Waals surface area contributed by atoms with E-state index in [-0.39, 0.29) is 23.8 Å². The Bertz CT molecular complexity index is 1790. The molecule has 242 valence electrons. The van der Waals surface area contributed by atoms with Crippen LogP contribution >= 0.6 is 15.9 Å². The van der Waals surface area contributed by atoms with Gasteiger partial charge in [-0.05, 0) is 88.6 Å². The molecule has 7 nitrogen and oxygen atoms in total. The van der Waals surface area contributed by atoms with Gasteiger partial charge in [-0.3, -0.25) is 13.9 Å². The molecule has 0 aliphatic heterocycles. The topological polar surface area (TPSA) is 86.8 Å². The number of carbonyl (C=O) groups excluding carboxylic acids is 2. The van der Waals surface area contributed by atoms with Crippen molar-refractivity contribution in [3.8, 4) is 0 Å². The quantitative estimate of drug-likeness (QED) is 0.180. The first-order valence-electron chi connectivity index (χ1n) is 15.2. The van der Waals surface area contributed by atoms with Crippen molar-refractivity contribution >= 4 is 43.5 Å². The molecular weight excluding hydrogens is 662 g/mol. The highest BCUT2D eigenvalue weighted by molar-refractivity contribution is 9.10. The highest BCUT2D eigenvalue weighted by Gasteiger charge is 2.36. The molecule has 1 atom stereocenters. The summed E-state index contributed by atoms with van der Waals surface area (Å²) < 4.78 is 30.6. The number of benzene rings is 4. The molecule has 0 unspecified atom stereocenters. The first-order valence-corrected chi connectivity index (χ1v) is 17.4. The van der Waals surface area contributed by atoms with Crippen LogP contribution < -0.4 is 9.62 Å².